The fourth-order valence-electron chi connectivity index (χ4n) is 0.937. The van der Waals surface area contributed by atoms with Gasteiger partial charge in [-0.1, -0.05) is 26.3 Å². The lowest BCUT2D eigenvalue weighted by Crippen LogP contribution is -2.39. The Hall–Kier alpha value is -1.36. The van der Waals surface area contributed by atoms with Gasteiger partial charge in [-0.2, -0.15) is 0 Å². The van der Waals surface area contributed by atoms with Crippen LogP contribution in [0.1, 0.15) is 27.2 Å². The molecule has 0 aromatic heterocycles. The zero-order valence-corrected chi connectivity index (χ0v) is 9.15. The molecule has 5 heteroatoms. The van der Waals surface area contributed by atoms with Crippen LogP contribution in [0.4, 0.5) is 0 Å². The van der Waals surface area contributed by atoms with E-state index in [0.29, 0.717) is 6.42 Å². The largest absolute Gasteiger partial charge is 0.477 e. The number of allylic oxidation sites excluding steroid dienone is 1. The first-order valence-corrected chi connectivity index (χ1v) is 4.82. The van der Waals surface area contributed by atoms with Gasteiger partial charge in [-0.25, -0.2) is 4.79 Å². The first-order valence-electron chi connectivity index (χ1n) is 4.82. The van der Waals surface area contributed by atoms with E-state index in [1.54, 1.807) is 6.92 Å². The van der Waals surface area contributed by atoms with Crippen molar-refractivity contribution in [3.05, 3.63) is 11.8 Å². The quantitative estimate of drug-likeness (QED) is 0.583. The summed E-state index contributed by atoms with van der Waals surface area (Å²) in [5.74, 6) is -2.10. The lowest BCUT2D eigenvalue weighted by molar-refractivity contribution is -0.137. The Labute approximate surface area is 88.8 Å². The lowest BCUT2D eigenvalue weighted by atomic mass is 10.0. The van der Waals surface area contributed by atoms with Gasteiger partial charge in [0.1, 0.15) is 11.8 Å². The van der Waals surface area contributed by atoms with Crippen molar-refractivity contribution in [1.82, 2.24) is 5.32 Å². The normalized spacial score (nSPS) is 15.6. The van der Waals surface area contributed by atoms with Gasteiger partial charge in [0.05, 0.1) is 0 Å². The van der Waals surface area contributed by atoms with Gasteiger partial charge >= 0.3 is 5.97 Å². The zero-order chi connectivity index (χ0) is 12.0. The molecule has 0 aliphatic heterocycles. The van der Waals surface area contributed by atoms with E-state index in [-0.39, 0.29) is 11.6 Å². The molecule has 86 valence electrons. The molecule has 2 atom stereocenters. The molecule has 0 rings (SSSR count). The summed E-state index contributed by atoms with van der Waals surface area (Å²) in [6.07, 6.45) is 0.737. The summed E-state index contributed by atoms with van der Waals surface area (Å²) in [4.78, 5) is 21.9. The third-order valence-corrected chi connectivity index (χ3v) is 2.23. The maximum atomic E-state index is 11.4. The van der Waals surface area contributed by atoms with Gasteiger partial charge in [0.15, 0.2) is 0 Å². The molecule has 0 saturated heterocycles. The second kappa shape index (κ2) is 6.19. The van der Waals surface area contributed by atoms with Crippen LogP contribution in [-0.2, 0) is 9.59 Å². The number of carboxylic acid groups (broad SMARTS) is 1. The predicted molar refractivity (Wildman–Crippen MR) is 55.0 cm³/mol. The molecule has 0 aliphatic carbocycles. The van der Waals surface area contributed by atoms with Crippen LogP contribution in [-0.4, -0.2) is 28.2 Å². The van der Waals surface area contributed by atoms with Crippen LogP contribution in [0.25, 0.3) is 0 Å². The molecule has 0 aromatic carbocycles. The fraction of sp³-hybridized carbons (Fsp3) is 0.600. The number of nitrogens with one attached hydrogen (secondary N) is 1. The van der Waals surface area contributed by atoms with Crippen LogP contribution in [0, 0.1) is 5.92 Å². The summed E-state index contributed by atoms with van der Waals surface area (Å²) < 4.78 is 0. The highest BCUT2D eigenvalue weighted by Crippen LogP contribution is 2.07. The average molecular weight is 215 g/mol. The number of aliphatic carboxylic acids is 1. The van der Waals surface area contributed by atoms with E-state index in [0.717, 1.165) is 0 Å². The number of aliphatic hydroxyl groups excluding tert-OH is 1. The van der Waals surface area contributed by atoms with Crippen LogP contribution in [0.5, 0.6) is 0 Å². The number of rotatable bonds is 5. The van der Waals surface area contributed by atoms with Gasteiger partial charge < -0.3 is 15.5 Å². The van der Waals surface area contributed by atoms with E-state index >= 15 is 0 Å². The second-order valence-corrected chi connectivity index (χ2v) is 3.33. The second-order valence-electron chi connectivity index (χ2n) is 3.33. The van der Waals surface area contributed by atoms with E-state index in [4.69, 9.17) is 5.11 Å². The highest BCUT2D eigenvalue weighted by atomic mass is 16.4. The van der Waals surface area contributed by atoms with Crippen LogP contribution >= 0.6 is 0 Å². The van der Waals surface area contributed by atoms with Crippen LogP contribution in [0.15, 0.2) is 11.8 Å². The molecule has 5 nitrogen and oxygen atoms in total. The Morgan fingerprint density at radius 1 is 1.47 bits per heavy atom. The van der Waals surface area contributed by atoms with Gasteiger partial charge in [-0.3, -0.25) is 4.79 Å². The number of amides is 1. The van der Waals surface area contributed by atoms with Crippen molar-refractivity contribution in [1.29, 1.82) is 0 Å². The Balaban J connectivity index is 4.42. The third kappa shape index (κ3) is 4.12. The molecule has 0 fully saturated rings. The summed E-state index contributed by atoms with van der Waals surface area (Å²) in [6.45, 7) is 5.06. The minimum absolute atomic E-state index is 0.197. The molecule has 1 amide bonds. The minimum Gasteiger partial charge on any atom is -0.477 e. The predicted octanol–water partition coefficient (Wildman–Crippen LogP) is 0.498. The van der Waals surface area contributed by atoms with Crippen molar-refractivity contribution >= 4 is 11.9 Å². The number of carbonyl (C=O) groups is 2. The SMILES string of the molecule is CC=C(NC(=O)C(O)C(C)CC)C(=O)O. The molecular formula is C10H17NO4. The van der Waals surface area contributed by atoms with Crippen molar-refractivity contribution < 1.29 is 19.8 Å². The highest BCUT2D eigenvalue weighted by Gasteiger charge is 2.22. The summed E-state index contributed by atoms with van der Waals surface area (Å²) in [6, 6.07) is 0. The lowest BCUT2D eigenvalue weighted by Gasteiger charge is -2.16. The van der Waals surface area contributed by atoms with Crippen molar-refractivity contribution in [3.8, 4) is 0 Å². The number of hydrogen-bond donors (Lipinski definition) is 3. The van der Waals surface area contributed by atoms with Gasteiger partial charge in [0.25, 0.3) is 5.91 Å². The average Bonchev–Trinajstić information content (AvgIpc) is 2.22. The van der Waals surface area contributed by atoms with E-state index in [1.807, 2.05) is 6.92 Å². The highest BCUT2D eigenvalue weighted by molar-refractivity contribution is 5.93. The number of carbonyl (C=O) groups excluding carboxylic acids is 1. The van der Waals surface area contributed by atoms with Crippen molar-refractivity contribution in [2.45, 2.75) is 33.3 Å². The van der Waals surface area contributed by atoms with E-state index < -0.39 is 18.0 Å². The molecule has 0 heterocycles. The maximum Gasteiger partial charge on any atom is 0.352 e. The van der Waals surface area contributed by atoms with Crippen molar-refractivity contribution in [2.75, 3.05) is 0 Å². The zero-order valence-electron chi connectivity index (χ0n) is 9.15. The van der Waals surface area contributed by atoms with Crippen molar-refractivity contribution in [2.24, 2.45) is 5.92 Å². The molecule has 0 radical (unpaired) electrons. The van der Waals surface area contributed by atoms with Gasteiger partial charge in [-0.05, 0) is 12.8 Å². The summed E-state index contributed by atoms with van der Waals surface area (Å²) in [5, 5.41) is 20.3. The standard InChI is InChI=1S/C10H17NO4/c1-4-6(3)8(12)9(13)11-7(5-2)10(14)15/h5-6,8,12H,4H2,1-3H3,(H,11,13)(H,14,15). The Morgan fingerprint density at radius 3 is 2.33 bits per heavy atom. The first-order chi connectivity index (χ1) is 6.93. The fourth-order valence-corrected chi connectivity index (χ4v) is 0.937. The number of hydrogen-bond acceptors (Lipinski definition) is 3. The maximum absolute atomic E-state index is 11.4. The van der Waals surface area contributed by atoms with Crippen molar-refractivity contribution in [3.63, 3.8) is 0 Å². The third-order valence-electron chi connectivity index (χ3n) is 2.23. The Morgan fingerprint density at radius 2 is 2.00 bits per heavy atom. The van der Waals surface area contributed by atoms with Gasteiger partial charge in [0.2, 0.25) is 0 Å². The van der Waals surface area contributed by atoms with E-state index in [9.17, 15) is 14.7 Å². The van der Waals surface area contributed by atoms with E-state index in [1.165, 1.54) is 13.0 Å². The molecule has 0 saturated carbocycles. The van der Waals surface area contributed by atoms with Gasteiger partial charge in [-0.15, -0.1) is 0 Å². The van der Waals surface area contributed by atoms with Crippen LogP contribution in [0.2, 0.25) is 0 Å². The summed E-state index contributed by atoms with van der Waals surface area (Å²) >= 11 is 0. The molecule has 0 spiro atoms. The monoisotopic (exact) mass is 215 g/mol. The van der Waals surface area contributed by atoms with Crippen LogP contribution < -0.4 is 5.32 Å². The number of carboxylic acids is 1. The van der Waals surface area contributed by atoms with E-state index in [2.05, 4.69) is 5.32 Å². The molecule has 0 aliphatic rings. The molecule has 2 unspecified atom stereocenters. The summed E-state index contributed by atoms with van der Waals surface area (Å²) in [5.41, 5.74) is -0.220. The molecule has 0 aromatic rings. The number of aliphatic hydroxyl groups is 1. The minimum atomic E-state index is -1.22. The molecule has 0 bridgehead atoms. The Bertz CT molecular complexity index is 273. The molecule has 3 N–H and O–H groups in total. The molecule has 15 heavy (non-hydrogen) atoms. The van der Waals surface area contributed by atoms with Gasteiger partial charge in [0, 0.05) is 0 Å². The summed E-state index contributed by atoms with van der Waals surface area (Å²) in [7, 11) is 0. The smallest absolute Gasteiger partial charge is 0.352 e. The first kappa shape index (κ1) is 13.6. The topological polar surface area (TPSA) is 86.6 Å². The molecular weight excluding hydrogens is 198 g/mol. The van der Waals surface area contributed by atoms with Crippen LogP contribution in [0.3, 0.4) is 0 Å². The Kier molecular flexibility index (Phi) is 5.62.